The molecule has 6 heteroatoms. The predicted octanol–water partition coefficient (Wildman–Crippen LogP) is 1.14. The lowest BCUT2D eigenvalue weighted by atomic mass is 10.1. The molecule has 1 N–H and O–H groups in total. The van der Waals surface area contributed by atoms with Crippen LogP contribution in [-0.4, -0.2) is 28.4 Å². The molecule has 1 saturated heterocycles. The van der Waals surface area contributed by atoms with E-state index in [4.69, 9.17) is 0 Å². The highest BCUT2D eigenvalue weighted by molar-refractivity contribution is 7.11. The van der Waals surface area contributed by atoms with Crippen LogP contribution in [0.5, 0.6) is 0 Å². The molecule has 2 heterocycles. The quantitative estimate of drug-likeness (QED) is 0.841. The molecule has 0 aliphatic carbocycles. The van der Waals surface area contributed by atoms with Gasteiger partial charge in [-0.1, -0.05) is 6.92 Å². The number of nitrogens with zero attached hydrogens (tertiary/aromatic N) is 2. The first-order valence-corrected chi connectivity index (χ1v) is 5.89. The van der Waals surface area contributed by atoms with Crippen molar-refractivity contribution in [2.24, 2.45) is 5.92 Å². The van der Waals surface area contributed by atoms with E-state index in [2.05, 4.69) is 10.3 Å². The lowest BCUT2D eigenvalue weighted by Gasteiger charge is -2.29. The zero-order chi connectivity index (χ0) is 11.7. The van der Waals surface area contributed by atoms with Crippen molar-refractivity contribution < 1.29 is 9.59 Å². The van der Waals surface area contributed by atoms with Crippen LogP contribution in [0.4, 0.5) is 4.79 Å². The molecule has 5 nitrogen and oxygen atoms in total. The molecule has 0 saturated carbocycles. The Bertz CT molecular complexity index is 429. The second-order valence-corrected chi connectivity index (χ2v) is 5.26. The van der Waals surface area contributed by atoms with Gasteiger partial charge in [0.25, 0.3) is 0 Å². The summed E-state index contributed by atoms with van der Waals surface area (Å²) >= 11 is 1.57. The van der Waals surface area contributed by atoms with Gasteiger partial charge in [-0.05, 0) is 6.92 Å². The predicted molar refractivity (Wildman–Crippen MR) is 60.0 cm³/mol. The second-order valence-electron chi connectivity index (χ2n) is 3.94. The molecule has 16 heavy (non-hydrogen) atoms. The number of nitrogens with one attached hydrogen (secondary N) is 1. The smallest absolute Gasteiger partial charge is 0.317 e. The summed E-state index contributed by atoms with van der Waals surface area (Å²) in [7, 11) is 0. The van der Waals surface area contributed by atoms with Crippen molar-refractivity contribution >= 4 is 23.3 Å². The van der Waals surface area contributed by atoms with E-state index in [0.29, 0.717) is 13.1 Å². The van der Waals surface area contributed by atoms with Crippen LogP contribution in [0.15, 0.2) is 6.20 Å². The summed E-state index contributed by atoms with van der Waals surface area (Å²) in [5.41, 5.74) is 0. The van der Waals surface area contributed by atoms with Gasteiger partial charge in [-0.3, -0.25) is 10.1 Å². The van der Waals surface area contributed by atoms with Crippen molar-refractivity contribution in [3.05, 3.63) is 16.1 Å². The molecule has 0 spiro atoms. The van der Waals surface area contributed by atoms with Crippen LogP contribution in [0.1, 0.15) is 16.8 Å². The highest BCUT2D eigenvalue weighted by Gasteiger charge is 2.29. The molecule has 0 radical (unpaired) electrons. The Hall–Kier alpha value is -1.43. The fourth-order valence-corrected chi connectivity index (χ4v) is 2.38. The maximum absolute atomic E-state index is 11.5. The number of amides is 3. The van der Waals surface area contributed by atoms with E-state index < -0.39 is 0 Å². The second kappa shape index (κ2) is 4.21. The van der Waals surface area contributed by atoms with Gasteiger partial charge in [-0.25, -0.2) is 9.78 Å². The largest absolute Gasteiger partial charge is 0.324 e. The van der Waals surface area contributed by atoms with Crippen molar-refractivity contribution in [2.45, 2.75) is 20.4 Å². The number of hydrogen-bond donors (Lipinski definition) is 1. The zero-order valence-corrected chi connectivity index (χ0v) is 10.0. The topological polar surface area (TPSA) is 62.3 Å². The van der Waals surface area contributed by atoms with E-state index in [1.807, 2.05) is 13.8 Å². The molecule has 3 amide bonds. The molecule has 1 unspecified atom stereocenters. The molecule has 1 aliphatic heterocycles. The lowest BCUT2D eigenvalue weighted by molar-refractivity contribution is -0.125. The van der Waals surface area contributed by atoms with E-state index in [9.17, 15) is 9.59 Å². The van der Waals surface area contributed by atoms with Gasteiger partial charge in [0.2, 0.25) is 5.91 Å². The van der Waals surface area contributed by atoms with Crippen molar-refractivity contribution in [1.29, 1.82) is 0 Å². The molecule has 0 aromatic carbocycles. The van der Waals surface area contributed by atoms with Crippen LogP contribution in [0.3, 0.4) is 0 Å². The van der Waals surface area contributed by atoms with Gasteiger partial charge < -0.3 is 4.90 Å². The molecule has 1 aliphatic rings. The van der Waals surface area contributed by atoms with Gasteiger partial charge in [0, 0.05) is 17.6 Å². The molecule has 0 bridgehead atoms. The Balaban J connectivity index is 2.04. The van der Waals surface area contributed by atoms with Gasteiger partial charge in [-0.15, -0.1) is 11.3 Å². The number of aryl methyl sites for hydroxylation is 1. The highest BCUT2D eigenvalue weighted by atomic mass is 32.1. The van der Waals surface area contributed by atoms with Gasteiger partial charge in [0.15, 0.2) is 0 Å². The molecular formula is C10H13N3O2S. The Labute approximate surface area is 97.5 Å². The fraction of sp³-hybridized carbons (Fsp3) is 0.500. The van der Waals surface area contributed by atoms with Crippen molar-refractivity contribution in [1.82, 2.24) is 15.2 Å². The first kappa shape index (κ1) is 11.1. The van der Waals surface area contributed by atoms with Crippen LogP contribution in [0.2, 0.25) is 0 Å². The number of rotatable bonds is 2. The number of carbonyl (C=O) groups is 2. The average molecular weight is 239 g/mol. The molecule has 1 aromatic rings. The minimum Gasteiger partial charge on any atom is -0.317 e. The zero-order valence-electron chi connectivity index (χ0n) is 9.19. The fourth-order valence-electron chi connectivity index (χ4n) is 1.58. The summed E-state index contributed by atoms with van der Waals surface area (Å²) < 4.78 is 0. The van der Waals surface area contributed by atoms with E-state index in [1.54, 1.807) is 22.4 Å². The summed E-state index contributed by atoms with van der Waals surface area (Å²) in [6, 6.07) is -0.323. The molecule has 1 aromatic heterocycles. The van der Waals surface area contributed by atoms with Gasteiger partial charge in [-0.2, -0.15) is 0 Å². The lowest BCUT2D eigenvalue weighted by Crippen LogP contribution is -2.53. The van der Waals surface area contributed by atoms with Crippen LogP contribution in [0.25, 0.3) is 0 Å². The molecule has 2 rings (SSSR count). The summed E-state index contributed by atoms with van der Waals surface area (Å²) in [6.45, 7) is 4.72. The van der Waals surface area contributed by atoms with E-state index in [-0.39, 0.29) is 17.9 Å². The minimum absolute atomic E-state index is 0.154. The van der Waals surface area contributed by atoms with Gasteiger partial charge in [0.1, 0.15) is 5.01 Å². The first-order valence-electron chi connectivity index (χ1n) is 5.07. The van der Waals surface area contributed by atoms with E-state index in [1.165, 1.54) is 0 Å². The third kappa shape index (κ3) is 2.21. The summed E-state index contributed by atoms with van der Waals surface area (Å²) in [6.07, 6.45) is 1.79. The number of aromatic nitrogens is 1. The van der Waals surface area contributed by atoms with Crippen molar-refractivity contribution in [3.63, 3.8) is 0 Å². The first-order chi connectivity index (χ1) is 7.56. The number of urea groups is 1. The third-order valence-electron chi connectivity index (χ3n) is 2.45. The minimum atomic E-state index is -0.323. The maximum Gasteiger partial charge on any atom is 0.324 e. The monoisotopic (exact) mass is 239 g/mol. The van der Waals surface area contributed by atoms with Crippen molar-refractivity contribution in [3.8, 4) is 0 Å². The summed E-state index contributed by atoms with van der Waals surface area (Å²) in [5.74, 6) is -0.352. The van der Waals surface area contributed by atoms with Crippen LogP contribution < -0.4 is 5.32 Å². The number of imide groups is 1. The third-order valence-corrected chi connectivity index (χ3v) is 3.35. The molecule has 1 fully saturated rings. The Morgan fingerprint density at radius 2 is 2.38 bits per heavy atom. The maximum atomic E-state index is 11.5. The molecular weight excluding hydrogens is 226 g/mol. The number of carbonyl (C=O) groups excluding carboxylic acids is 2. The highest BCUT2D eigenvalue weighted by Crippen LogP contribution is 2.16. The van der Waals surface area contributed by atoms with E-state index >= 15 is 0 Å². The SMILES string of the molecule is Cc1cnc(CN2CC(C)C(=O)NC2=O)s1. The summed E-state index contributed by atoms with van der Waals surface area (Å²) in [5, 5.41) is 3.23. The van der Waals surface area contributed by atoms with E-state index in [0.717, 1.165) is 9.88 Å². The van der Waals surface area contributed by atoms with Crippen LogP contribution in [-0.2, 0) is 11.3 Å². The molecule has 86 valence electrons. The van der Waals surface area contributed by atoms with Crippen LogP contribution >= 0.6 is 11.3 Å². The Morgan fingerprint density at radius 3 is 3.00 bits per heavy atom. The van der Waals surface area contributed by atoms with Gasteiger partial charge in [0.05, 0.1) is 12.5 Å². The van der Waals surface area contributed by atoms with Crippen LogP contribution in [0, 0.1) is 12.8 Å². The molecule has 1 atom stereocenters. The Kier molecular flexibility index (Phi) is 2.91. The Morgan fingerprint density at radius 1 is 1.62 bits per heavy atom. The van der Waals surface area contributed by atoms with Crippen molar-refractivity contribution in [2.75, 3.05) is 6.54 Å². The number of hydrogen-bond acceptors (Lipinski definition) is 4. The standard InChI is InChI=1S/C10H13N3O2S/c1-6-4-13(10(15)12-9(6)14)5-8-11-3-7(2)16-8/h3,6H,4-5H2,1-2H3,(H,12,14,15). The average Bonchev–Trinajstić information content (AvgIpc) is 2.60. The van der Waals surface area contributed by atoms with Gasteiger partial charge >= 0.3 is 6.03 Å². The number of thiazole rings is 1. The normalized spacial score (nSPS) is 21.1. The summed E-state index contributed by atoms with van der Waals surface area (Å²) in [4.78, 5) is 29.7.